The van der Waals surface area contributed by atoms with Gasteiger partial charge in [0.15, 0.2) is 6.10 Å². The van der Waals surface area contributed by atoms with E-state index in [1.54, 1.807) is 13.0 Å². The monoisotopic (exact) mass is 381 g/mol. The summed E-state index contributed by atoms with van der Waals surface area (Å²) < 4.78 is 6.38. The van der Waals surface area contributed by atoms with Crippen LogP contribution in [-0.4, -0.2) is 24.0 Å². The standard InChI is InChI=1S/C22H23NO3S/c1-15(12-13-17-8-4-3-5-9-17)23-21(24)16(2)26-22(25)20-14-18-10-6-7-11-19(18)27-20/h3-11,14-16H,12-13H2,1-2H3,(H,23,24)/t15-,16+/m0/s1. The molecule has 0 unspecified atom stereocenters. The molecule has 0 aliphatic rings. The minimum atomic E-state index is -0.832. The Balaban J connectivity index is 1.49. The fourth-order valence-electron chi connectivity index (χ4n) is 2.81. The summed E-state index contributed by atoms with van der Waals surface area (Å²) in [7, 11) is 0. The van der Waals surface area contributed by atoms with E-state index in [9.17, 15) is 9.59 Å². The van der Waals surface area contributed by atoms with Crippen molar-refractivity contribution in [3.8, 4) is 0 Å². The number of rotatable bonds is 7. The van der Waals surface area contributed by atoms with E-state index < -0.39 is 12.1 Å². The highest BCUT2D eigenvalue weighted by atomic mass is 32.1. The van der Waals surface area contributed by atoms with Gasteiger partial charge in [-0.05, 0) is 49.8 Å². The molecule has 0 fully saturated rings. The number of hydrogen-bond acceptors (Lipinski definition) is 4. The molecule has 1 aromatic heterocycles. The number of aryl methyl sites for hydroxylation is 1. The van der Waals surface area contributed by atoms with Crippen LogP contribution in [0, 0.1) is 0 Å². The summed E-state index contributed by atoms with van der Waals surface area (Å²) in [5.74, 6) is -0.735. The molecule has 0 aliphatic carbocycles. The smallest absolute Gasteiger partial charge is 0.349 e. The minimum absolute atomic E-state index is 0.00295. The van der Waals surface area contributed by atoms with Gasteiger partial charge in [-0.1, -0.05) is 48.5 Å². The third-order valence-electron chi connectivity index (χ3n) is 4.38. The summed E-state index contributed by atoms with van der Waals surface area (Å²) in [6.07, 6.45) is 0.882. The largest absolute Gasteiger partial charge is 0.448 e. The lowest BCUT2D eigenvalue weighted by Gasteiger charge is -2.17. The molecule has 1 heterocycles. The molecule has 2 aromatic carbocycles. The molecule has 0 aliphatic heterocycles. The van der Waals surface area contributed by atoms with Crippen LogP contribution in [0.5, 0.6) is 0 Å². The Labute approximate surface area is 163 Å². The van der Waals surface area contributed by atoms with E-state index in [0.29, 0.717) is 4.88 Å². The summed E-state index contributed by atoms with van der Waals surface area (Å²) >= 11 is 1.37. The van der Waals surface area contributed by atoms with E-state index >= 15 is 0 Å². The Kier molecular flexibility index (Phi) is 6.24. The van der Waals surface area contributed by atoms with Crippen molar-refractivity contribution in [3.05, 3.63) is 71.1 Å². The molecule has 140 valence electrons. The number of carbonyl (C=O) groups excluding carboxylic acids is 2. The number of amides is 1. The van der Waals surface area contributed by atoms with E-state index in [0.717, 1.165) is 22.9 Å². The average molecular weight is 381 g/mol. The molecule has 1 amide bonds. The Bertz CT molecular complexity index is 886. The summed E-state index contributed by atoms with van der Waals surface area (Å²) in [6.45, 7) is 3.56. The van der Waals surface area contributed by atoms with Gasteiger partial charge in [-0.3, -0.25) is 4.79 Å². The zero-order valence-corrected chi connectivity index (χ0v) is 16.3. The number of carbonyl (C=O) groups is 2. The summed E-state index contributed by atoms with van der Waals surface area (Å²) in [5, 5.41) is 3.92. The lowest BCUT2D eigenvalue weighted by Crippen LogP contribution is -2.40. The quantitative estimate of drug-likeness (QED) is 0.609. The number of thiophene rings is 1. The first-order valence-corrected chi connectivity index (χ1v) is 9.88. The van der Waals surface area contributed by atoms with E-state index in [-0.39, 0.29) is 11.9 Å². The maximum atomic E-state index is 12.3. The SMILES string of the molecule is C[C@@H](CCc1ccccc1)NC(=O)[C@@H](C)OC(=O)c1cc2ccccc2s1. The van der Waals surface area contributed by atoms with Crippen molar-refractivity contribution < 1.29 is 14.3 Å². The van der Waals surface area contributed by atoms with Crippen molar-refractivity contribution in [3.63, 3.8) is 0 Å². The number of nitrogens with one attached hydrogen (secondary N) is 1. The highest BCUT2D eigenvalue weighted by Crippen LogP contribution is 2.26. The second-order valence-corrected chi connectivity index (χ2v) is 7.71. The molecule has 4 nitrogen and oxygen atoms in total. The number of benzene rings is 2. The zero-order valence-electron chi connectivity index (χ0n) is 15.5. The van der Waals surface area contributed by atoms with Gasteiger partial charge in [0.05, 0.1) is 0 Å². The first kappa shape index (κ1) is 19.1. The van der Waals surface area contributed by atoms with Gasteiger partial charge in [0.1, 0.15) is 4.88 Å². The highest BCUT2D eigenvalue weighted by molar-refractivity contribution is 7.20. The number of esters is 1. The van der Waals surface area contributed by atoms with Gasteiger partial charge in [-0.25, -0.2) is 4.79 Å². The maximum absolute atomic E-state index is 12.3. The lowest BCUT2D eigenvalue weighted by atomic mass is 10.1. The molecule has 0 saturated heterocycles. The highest BCUT2D eigenvalue weighted by Gasteiger charge is 2.21. The molecule has 27 heavy (non-hydrogen) atoms. The van der Waals surface area contributed by atoms with Gasteiger partial charge in [-0.15, -0.1) is 11.3 Å². The Morgan fingerprint density at radius 2 is 1.74 bits per heavy atom. The first-order valence-electron chi connectivity index (χ1n) is 9.07. The molecular weight excluding hydrogens is 358 g/mol. The van der Waals surface area contributed by atoms with Crippen molar-refractivity contribution >= 4 is 33.3 Å². The number of ether oxygens (including phenoxy) is 1. The second-order valence-electron chi connectivity index (χ2n) is 6.63. The van der Waals surface area contributed by atoms with Crippen LogP contribution < -0.4 is 5.32 Å². The molecule has 0 spiro atoms. The van der Waals surface area contributed by atoms with Crippen LogP contribution in [0.25, 0.3) is 10.1 Å². The Morgan fingerprint density at radius 1 is 1.04 bits per heavy atom. The van der Waals surface area contributed by atoms with E-state index in [2.05, 4.69) is 17.4 Å². The average Bonchev–Trinajstić information content (AvgIpc) is 3.11. The molecular formula is C22H23NO3S. The summed E-state index contributed by atoms with van der Waals surface area (Å²) in [5.41, 5.74) is 1.24. The zero-order chi connectivity index (χ0) is 19.2. The molecule has 3 rings (SSSR count). The van der Waals surface area contributed by atoms with Crippen LogP contribution in [0.4, 0.5) is 0 Å². The van der Waals surface area contributed by atoms with Gasteiger partial charge in [0.25, 0.3) is 5.91 Å². The van der Waals surface area contributed by atoms with E-state index in [1.807, 2.05) is 49.4 Å². The maximum Gasteiger partial charge on any atom is 0.349 e. The molecule has 3 aromatic rings. The summed E-state index contributed by atoms with van der Waals surface area (Å²) in [4.78, 5) is 25.2. The van der Waals surface area contributed by atoms with Crippen molar-refractivity contribution in [2.75, 3.05) is 0 Å². The molecule has 0 saturated carbocycles. The van der Waals surface area contributed by atoms with Gasteiger partial charge < -0.3 is 10.1 Å². The van der Waals surface area contributed by atoms with E-state index in [4.69, 9.17) is 4.74 Å². The number of hydrogen-bond donors (Lipinski definition) is 1. The van der Waals surface area contributed by atoms with Crippen LogP contribution >= 0.6 is 11.3 Å². The molecule has 2 atom stereocenters. The van der Waals surface area contributed by atoms with Crippen LogP contribution in [0.3, 0.4) is 0 Å². The van der Waals surface area contributed by atoms with Crippen LogP contribution in [0.2, 0.25) is 0 Å². The number of fused-ring (bicyclic) bond motifs is 1. The molecule has 0 bridgehead atoms. The van der Waals surface area contributed by atoms with Gasteiger partial charge >= 0.3 is 5.97 Å². The fourth-order valence-corrected chi connectivity index (χ4v) is 3.76. The molecule has 1 N–H and O–H groups in total. The second kappa shape index (κ2) is 8.82. The van der Waals surface area contributed by atoms with Crippen molar-refractivity contribution in [2.45, 2.75) is 38.8 Å². The van der Waals surface area contributed by atoms with Crippen LogP contribution in [0.1, 0.15) is 35.5 Å². The fraction of sp³-hybridized carbons (Fsp3) is 0.273. The van der Waals surface area contributed by atoms with Crippen LogP contribution in [-0.2, 0) is 16.0 Å². The third-order valence-corrected chi connectivity index (χ3v) is 5.47. The van der Waals surface area contributed by atoms with Gasteiger partial charge in [0, 0.05) is 10.7 Å². The molecule has 0 radical (unpaired) electrons. The summed E-state index contributed by atoms with van der Waals surface area (Å²) in [6, 6.07) is 19.7. The lowest BCUT2D eigenvalue weighted by molar-refractivity contribution is -0.129. The van der Waals surface area contributed by atoms with Gasteiger partial charge in [-0.2, -0.15) is 0 Å². The predicted octanol–water partition coefficient (Wildman–Crippen LogP) is 4.58. The molecule has 5 heteroatoms. The minimum Gasteiger partial charge on any atom is -0.448 e. The van der Waals surface area contributed by atoms with Gasteiger partial charge in [0.2, 0.25) is 0 Å². The van der Waals surface area contributed by atoms with Crippen molar-refractivity contribution in [1.82, 2.24) is 5.32 Å². The topological polar surface area (TPSA) is 55.4 Å². The van der Waals surface area contributed by atoms with E-state index in [1.165, 1.54) is 16.9 Å². The van der Waals surface area contributed by atoms with Crippen molar-refractivity contribution in [1.29, 1.82) is 0 Å². The predicted molar refractivity (Wildman–Crippen MR) is 109 cm³/mol. The Morgan fingerprint density at radius 3 is 2.48 bits per heavy atom. The Hall–Kier alpha value is -2.66. The third kappa shape index (κ3) is 5.17. The van der Waals surface area contributed by atoms with Crippen LogP contribution in [0.15, 0.2) is 60.7 Å². The normalized spacial score (nSPS) is 13.1. The first-order chi connectivity index (χ1) is 13.0. The van der Waals surface area contributed by atoms with Crippen molar-refractivity contribution in [2.24, 2.45) is 0 Å².